The Bertz CT molecular complexity index is 2330. The summed E-state index contributed by atoms with van der Waals surface area (Å²) in [5, 5.41) is 11.3. The normalized spacial score (nSPS) is 17.8. The fraction of sp³-hybridized carbons (Fsp3) is 0.270. The molecule has 1 aliphatic carbocycles. The highest BCUT2D eigenvalue weighted by atomic mass is 32.1. The number of rotatable bonds is 8. The van der Waals surface area contributed by atoms with Crippen LogP contribution >= 0.6 is 11.3 Å². The highest BCUT2D eigenvalue weighted by molar-refractivity contribution is 7.23. The number of carbonyl (C=O) groups is 1. The first-order valence-corrected chi connectivity index (χ1v) is 17.3. The Morgan fingerprint density at radius 2 is 1.96 bits per heavy atom. The van der Waals surface area contributed by atoms with Crippen LogP contribution in [0.25, 0.3) is 32.0 Å². The minimum absolute atomic E-state index is 0.0691. The van der Waals surface area contributed by atoms with Gasteiger partial charge in [0.15, 0.2) is 0 Å². The molecule has 246 valence electrons. The van der Waals surface area contributed by atoms with Crippen LogP contribution in [0.2, 0.25) is 0 Å². The molecule has 49 heavy (non-hydrogen) atoms. The van der Waals surface area contributed by atoms with Gasteiger partial charge in [-0.3, -0.25) is 9.78 Å². The second kappa shape index (κ2) is 11.7. The van der Waals surface area contributed by atoms with Crippen LogP contribution in [0.1, 0.15) is 69.8 Å². The summed E-state index contributed by atoms with van der Waals surface area (Å²) in [6, 6.07) is 16.5. The lowest BCUT2D eigenvalue weighted by Crippen LogP contribution is -2.22. The van der Waals surface area contributed by atoms with Crippen molar-refractivity contribution < 1.29 is 18.3 Å². The molecule has 3 aliphatic rings. The number of aromatic amines is 1. The predicted molar refractivity (Wildman–Crippen MR) is 183 cm³/mol. The first-order chi connectivity index (χ1) is 24.0. The lowest BCUT2D eigenvalue weighted by Gasteiger charge is -2.16. The van der Waals surface area contributed by atoms with E-state index in [1.807, 2.05) is 23.1 Å². The van der Waals surface area contributed by atoms with Crippen LogP contribution in [0.5, 0.6) is 5.75 Å². The number of hydrogen-bond acceptors (Lipinski definition) is 9. The molecule has 6 heterocycles. The van der Waals surface area contributed by atoms with Crippen molar-refractivity contribution in [3.05, 3.63) is 111 Å². The van der Waals surface area contributed by atoms with E-state index in [2.05, 4.69) is 27.6 Å². The van der Waals surface area contributed by atoms with E-state index in [1.165, 1.54) is 34.6 Å². The third-order valence-corrected chi connectivity index (χ3v) is 11.2. The Balaban J connectivity index is 1.20. The molecule has 0 unspecified atom stereocenters. The van der Waals surface area contributed by atoms with Crippen molar-refractivity contribution in [1.29, 1.82) is 0 Å². The van der Waals surface area contributed by atoms with Crippen molar-refractivity contribution in [3.63, 3.8) is 0 Å². The lowest BCUT2D eigenvalue weighted by molar-refractivity contribution is 0.0776. The summed E-state index contributed by atoms with van der Waals surface area (Å²) in [7, 11) is 1.70. The number of amides is 1. The monoisotopic (exact) mass is 674 g/mol. The maximum Gasteiger partial charge on any atom is 0.434 e. The van der Waals surface area contributed by atoms with E-state index in [4.69, 9.17) is 19.1 Å². The van der Waals surface area contributed by atoms with Crippen LogP contribution in [0.4, 0.5) is 10.2 Å². The minimum atomic E-state index is -0.696. The molecule has 2 atom stereocenters. The number of carbonyl (C=O) groups excluding carboxylic acids is 1. The van der Waals surface area contributed by atoms with Gasteiger partial charge in [0.1, 0.15) is 17.4 Å². The molecule has 9 rings (SSSR count). The molecule has 1 amide bonds. The van der Waals surface area contributed by atoms with Gasteiger partial charge in [0.25, 0.3) is 11.8 Å². The number of aromatic nitrogens is 4. The smallest absolute Gasteiger partial charge is 0.434 e. The molecule has 2 aliphatic heterocycles. The van der Waals surface area contributed by atoms with E-state index in [-0.39, 0.29) is 29.7 Å². The van der Waals surface area contributed by atoms with E-state index < -0.39 is 5.76 Å². The molecule has 0 spiro atoms. The summed E-state index contributed by atoms with van der Waals surface area (Å²) in [5.74, 6) is 0.667. The Morgan fingerprint density at radius 1 is 1.08 bits per heavy atom. The van der Waals surface area contributed by atoms with E-state index in [0.717, 1.165) is 63.5 Å². The summed E-state index contributed by atoms with van der Waals surface area (Å²) in [6.45, 7) is 0.662. The van der Waals surface area contributed by atoms with Crippen molar-refractivity contribution in [3.8, 4) is 27.6 Å². The standard InChI is InChI=1S/C37H31FN6O4S/c1-47-27-6-2-4-22-23(27)12-14-24(22)41-34-33-20(15-16-39-34)18-28(49-33)30-29(35-42-43-37(46)48-35)25(13-9-19-7-10-21(38)11-8-19)40-32-26-5-3-17-44(26)36(45)31(30)32/h2,4,6-8,10-11,15-16,18,24,26H,3,5,9,12-14,17H2,1H3,(H,39,41)(H,43,46)/t24-,26-/m1/s1. The molecule has 10 nitrogen and oxygen atoms in total. The molecule has 0 saturated carbocycles. The van der Waals surface area contributed by atoms with E-state index in [9.17, 15) is 14.0 Å². The van der Waals surface area contributed by atoms with Crippen molar-refractivity contribution in [2.45, 2.75) is 50.6 Å². The summed E-state index contributed by atoms with van der Waals surface area (Å²) in [5.41, 5.74) is 6.48. The molecule has 1 fully saturated rings. The van der Waals surface area contributed by atoms with Gasteiger partial charge in [-0.1, -0.05) is 24.3 Å². The van der Waals surface area contributed by atoms with Crippen LogP contribution in [-0.4, -0.2) is 44.6 Å². The summed E-state index contributed by atoms with van der Waals surface area (Å²) >= 11 is 1.54. The number of H-pyrrole nitrogens is 1. The van der Waals surface area contributed by atoms with Crippen molar-refractivity contribution in [2.24, 2.45) is 0 Å². The minimum Gasteiger partial charge on any atom is -0.496 e. The van der Waals surface area contributed by atoms with Gasteiger partial charge < -0.3 is 19.4 Å². The maximum atomic E-state index is 14.2. The molecule has 0 bridgehead atoms. The summed E-state index contributed by atoms with van der Waals surface area (Å²) in [6.07, 6.45) is 6.38. The van der Waals surface area contributed by atoms with E-state index >= 15 is 0 Å². The molecule has 12 heteroatoms. The maximum absolute atomic E-state index is 14.2. The fourth-order valence-electron chi connectivity index (χ4n) is 7.78. The van der Waals surface area contributed by atoms with Gasteiger partial charge >= 0.3 is 5.76 Å². The molecule has 6 aromatic rings. The van der Waals surface area contributed by atoms with Crippen LogP contribution in [-0.2, 0) is 19.3 Å². The van der Waals surface area contributed by atoms with Crippen molar-refractivity contribution in [1.82, 2.24) is 25.1 Å². The molecule has 2 N–H and O–H groups in total. The SMILES string of the molecule is COc1cccc2c1CC[C@H]2Nc1nccc2cc(-c3c4c(nc(CCc5ccc(F)cc5)c3-c3n[nH]c(=O)o3)[C@H]3CCCN3C4=O)sc12. The predicted octanol–water partition coefficient (Wildman–Crippen LogP) is 7.02. The van der Waals surface area contributed by atoms with Crippen LogP contribution < -0.4 is 15.8 Å². The quantitative estimate of drug-likeness (QED) is 0.176. The second-order valence-corrected chi connectivity index (χ2v) is 13.8. The molecular formula is C37H31FN6O4S. The van der Waals surface area contributed by atoms with E-state index in [1.54, 1.807) is 25.4 Å². The first kappa shape index (κ1) is 29.8. The Morgan fingerprint density at radius 3 is 2.78 bits per heavy atom. The number of fused-ring (bicyclic) bond motifs is 5. The van der Waals surface area contributed by atoms with Gasteiger partial charge in [0, 0.05) is 23.2 Å². The average molecular weight is 675 g/mol. The van der Waals surface area contributed by atoms with Gasteiger partial charge in [-0.15, -0.1) is 16.4 Å². The number of pyridine rings is 2. The van der Waals surface area contributed by atoms with Gasteiger partial charge in [0.05, 0.1) is 46.4 Å². The fourth-order valence-corrected chi connectivity index (χ4v) is 8.94. The van der Waals surface area contributed by atoms with E-state index in [0.29, 0.717) is 41.8 Å². The number of anilines is 1. The number of aryl methyl sites for hydroxylation is 2. The van der Waals surface area contributed by atoms with Gasteiger partial charge in [-0.2, -0.15) is 0 Å². The number of thiophene rings is 1. The number of nitrogens with one attached hydrogen (secondary N) is 2. The number of hydrogen-bond donors (Lipinski definition) is 2. The van der Waals surface area contributed by atoms with Gasteiger partial charge in [-0.05, 0) is 90.9 Å². The Kier molecular flexibility index (Phi) is 7.08. The zero-order chi connectivity index (χ0) is 33.2. The molecular weight excluding hydrogens is 644 g/mol. The van der Waals surface area contributed by atoms with Crippen LogP contribution in [0, 0.1) is 5.82 Å². The Hall–Kier alpha value is -5.36. The van der Waals surface area contributed by atoms with Gasteiger partial charge in [-0.25, -0.2) is 19.3 Å². The lowest BCUT2D eigenvalue weighted by atomic mass is 9.93. The summed E-state index contributed by atoms with van der Waals surface area (Å²) in [4.78, 5) is 39.2. The molecule has 2 aromatic carbocycles. The summed E-state index contributed by atoms with van der Waals surface area (Å²) < 4.78 is 25.9. The highest BCUT2D eigenvalue weighted by Gasteiger charge is 2.45. The van der Waals surface area contributed by atoms with Crippen LogP contribution in [0.3, 0.4) is 0 Å². The number of methoxy groups -OCH3 is 1. The Labute approximate surface area is 284 Å². The average Bonchev–Trinajstić information content (AvgIpc) is 3.95. The first-order valence-electron chi connectivity index (χ1n) is 16.5. The van der Waals surface area contributed by atoms with Crippen LogP contribution in [0.15, 0.2) is 70.0 Å². The zero-order valence-corrected chi connectivity index (χ0v) is 27.4. The topological polar surface area (TPSA) is 126 Å². The number of benzene rings is 2. The molecule has 4 aromatic heterocycles. The van der Waals surface area contributed by atoms with Gasteiger partial charge in [0.2, 0.25) is 0 Å². The van der Waals surface area contributed by atoms with Crippen molar-refractivity contribution in [2.75, 3.05) is 19.0 Å². The zero-order valence-electron chi connectivity index (χ0n) is 26.6. The largest absolute Gasteiger partial charge is 0.496 e. The molecule has 1 saturated heterocycles. The number of ether oxygens (including phenoxy) is 1. The number of nitrogens with zero attached hydrogens (tertiary/aromatic N) is 4. The number of halogens is 1. The van der Waals surface area contributed by atoms with Crippen molar-refractivity contribution >= 4 is 33.1 Å². The molecule has 0 radical (unpaired) electrons. The third-order valence-electron chi connectivity index (χ3n) is 10.00. The third kappa shape index (κ3) is 4.92. The second-order valence-electron chi connectivity index (χ2n) is 12.7. The highest BCUT2D eigenvalue weighted by Crippen LogP contribution is 2.50.